The molecule has 0 fully saturated rings. The van der Waals surface area contributed by atoms with Crippen molar-refractivity contribution in [2.24, 2.45) is 0 Å². The summed E-state index contributed by atoms with van der Waals surface area (Å²) in [5, 5.41) is 0.981. The van der Waals surface area contributed by atoms with Crippen molar-refractivity contribution >= 4 is 17.7 Å². The minimum atomic E-state index is -4.38. The van der Waals surface area contributed by atoms with Gasteiger partial charge in [-0.1, -0.05) is 0 Å². The highest BCUT2D eigenvalue weighted by Crippen LogP contribution is 2.31. The largest absolute Gasteiger partial charge is 0.417 e. The molecule has 2 aromatic rings. The molecule has 19 heavy (non-hydrogen) atoms. The molecule has 0 amide bonds. The fraction of sp³-hybridized carbons (Fsp3) is 0.182. The Morgan fingerprint density at radius 1 is 1.16 bits per heavy atom. The van der Waals surface area contributed by atoms with Crippen molar-refractivity contribution < 1.29 is 13.2 Å². The zero-order valence-electron chi connectivity index (χ0n) is 9.77. The molecular formula is C11H9F3N4S. The van der Waals surface area contributed by atoms with Crippen LogP contribution in [0.3, 0.4) is 0 Å². The Labute approximate surface area is 111 Å². The van der Waals surface area contributed by atoms with Gasteiger partial charge in [-0.2, -0.15) is 13.2 Å². The molecule has 0 aliphatic rings. The maximum Gasteiger partial charge on any atom is 0.417 e. The number of aromatic nitrogens is 3. The number of anilines is 1. The van der Waals surface area contributed by atoms with Crippen molar-refractivity contribution in [2.45, 2.75) is 23.2 Å². The molecule has 8 heteroatoms. The quantitative estimate of drug-likeness (QED) is 0.860. The molecule has 100 valence electrons. The van der Waals surface area contributed by atoms with Gasteiger partial charge in [-0.05, 0) is 30.8 Å². The number of halogens is 3. The number of pyridine rings is 1. The molecule has 2 N–H and O–H groups in total. The second-order valence-electron chi connectivity index (χ2n) is 3.70. The molecule has 4 nitrogen and oxygen atoms in total. The maximum atomic E-state index is 12.4. The van der Waals surface area contributed by atoms with Gasteiger partial charge in [0.25, 0.3) is 0 Å². The van der Waals surface area contributed by atoms with E-state index in [-0.39, 0.29) is 5.95 Å². The monoisotopic (exact) mass is 286 g/mol. The summed E-state index contributed by atoms with van der Waals surface area (Å²) in [6.07, 6.45) is -2.04. The first-order valence-corrected chi connectivity index (χ1v) is 5.98. The lowest BCUT2D eigenvalue weighted by Gasteiger charge is -2.07. The highest BCUT2D eigenvalue weighted by molar-refractivity contribution is 7.99. The van der Waals surface area contributed by atoms with E-state index < -0.39 is 11.7 Å². The van der Waals surface area contributed by atoms with E-state index in [1.165, 1.54) is 6.07 Å². The molecule has 0 spiro atoms. The molecule has 0 radical (unpaired) electrons. The molecule has 0 saturated carbocycles. The van der Waals surface area contributed by atoms with E-state index in [4.69, 9.17) is 5.73 Å². The lowest BCUT2D eigenvalue weighted by Crippen LogP contribution is -2.05. The van der Waals surface area contributed by atoms with Crippen LogP contribution in [0.2, 0.25) is 0 Å². The van der Waals surface area contributed by atoms with Crippen LogP contribution in [-0.4, -0.2) is 15.0 Å². The normalized spacial score (nSPS) is 11.6. The van der Waals surface area contributed by atoms with Crippen LogP contribution in [0.5, 0.6) is 0 Å². The number of hydrogen-bond acceptors (Lipinski definition) is 5. The Bertz CT molecular complexity index is 583. The lowest BCUT2D eigenvalue weighted by molar-refractivity contribution is -0.137. The molecular weight excluding hydrogens is 277 g/mol. The summed E-state index contributed by atoms with van der Waals surface area (Å²) in [5.41, 5.74) is 5.45. The van der Waals surface area contributed by atoms with Gasteiger partial charge in [-0.3, -0.25) is 0 Å². The molecule has 0 aromatic carbocycles. The van der Waals surface area contributed by atoms with Crippen molar-refractivity contribution in [3.05, 3.63) is 35.7 Å². The molecule has 0 bridgehead atoms. The summed E-state index contributed by atoms with van der Waals surface area (Å²) in [6.45, 7) is 1.78. The van der Waals surface area contributed by atoms with Gasteiger partial charge >= 0.3 is 6.18 Å². The summed E-state index contributed by atoms with van der Waals surface area (Å²) in [6, 6.07) is 2.28. The number of rotatable bonds is 2. The predicted octanol–water partition coefficient (Wildman–Crippen LogP) is 2.93. The van der Waals surface area contributed by atoms with E-state index in [1.54, 1.807) is 13.1 Å². The van der Waals surface area contributed by atoms with E-state index in [0.29, 0.717) is 10.1 Å². The van der Waals surface area contributed by atoms with Crippen LogP contribution in [0, 0.1) is 6.92 Å². The standard InChI is InChI=1S/C11H9F3N4S/c1-6-4-17-10(15)18-9(6)19-8-3-2-7(5-16-8)11(12,13)14/h2-5H,1H3,(H2,15,17,18). The van der Waals surface area contributed by atoms with Gasteiger partial charge in [-0.15, -0.1) is 0 Å². The molecule has 0 aliphatic heterocycles. The third kappa shape index (κ3) is 3.34. The van der Waals surface area contributed by atoms with Crippen LogP contribution < -0.4 is 5.73 Å². The average Bonchev–Trinajstić information content (AvgIpc) is 2.33. The Hall–Kier alpha value is -1.83. The van der Waals surface area contributed by atoms with Crippen molar-refractivity contribution in [2.75, 3.05) is 5.73 Å². The van der Waals surface area contributed by atoms with Gasteiger partial charge in [0, 0.05) is 18.0 Å². The number of aryl methyl sites for hydroxylation is 1. The molecule has 0 unspecified atom stereocenters. The van der Waals surface area contributed by atoms with Gasteiger partial charge in [-0.25, -0.2) is 15.0 Å². The first kappa shape index (κ1) is 13.6. The van der Waals surface area contributed by atoms with Crippen molar-refractivity contribution in [1.29, 1.82) is 0 Å². The van der Waals surface area contributed by atoms with Crippen LogP contribution in [0.25, 0.3) is 0 Å². The average molecular weight is 286 g/mol. The number of hydrogen-bond donors (Lipinski definition) is 1. The van der Waals surface area contributed by atoms with Gasteiger partial charge < -0.3 is 5.73 Å². The first-order chi connectivity index (χ1) is 8.86. The van der Waals surface area contributed by atoms with Crippen LogP contribution in [-0.2, 0) is 6.18 Å². The van der Waals surface area contributed by atoms with Crippen LogP contribution in [0.4, 0.5) is 19.1 Å². The molecule has 2 rings (SSSR count). The summed E-state index contributed by atoms with van der Waals surface area (Å²) in [5.74, 6) is 0.111. The summed E-state index contributed by atoms with van der Waals surface area (Å²) >= 11 is 1.14. The van der Waals surface area contributed by atoms with Gasteiger partial charge in [0.1, 0.15) is 10.1 Å². The Morgan fingerprint density at radius 3 is 2.47 bits per heavy atom. The molecule has 0 aliphatic carbocycles. The summed E-state index contributed by atoms with van der Waals surface area (Å²) in [4.78, 5) is 11.6. The van der Waals surface area contributed by atoms with E-state index in [9.17, 15) is 13.2 Å². The SMILES string of the molecule is Cc1cnc(N)nc1Sc1ccc(C(F)(F)F)cn1. The Balaban J connectivity index is 2.22. The summed E-state index contributed by atoms with van der Waals surface area (Å²) < 4.78 is 37.1. The predicted molar refractivity (Wildman–Crippen MR) is 64.5 cm³/mol. The van der Waals surface area contributed by atoms with Crippen molar-refractivity contribution in [3.8, 4) is 0 Å². The van der Waals surface area contributed by atoms with Crippen molar-refractivity contribution in [3.63, 3.8) is 0 Å². The van der Waals surface area contributed by atoms with E-state index >= 15 is 0 Å². The second-order valence-corrected chi connectivity index (χ2v) is 4.71. The van der Waals surface area contributed by atoms with Crippen LogP contribution in [0.15, 0.2) is 34.6 Å². The fourth-order valence-corrected chi connectivity index (χ4v) is 2.04. The number of nitrogens with two attached hydrogens (primary N) is 1. The Morgan fingerprint density at radius 2 is 1.89 bits per heavy atom. The van der Waals surface area contributed by atoms with Gasteiger partial charge in [0.2, 0.25) is 5.95 Å². The third-order valence-electron chi connectivity index (χ3n) is 2.21. The van der Waals surface area contributed by atoms with Gasteiger partial charge in [0.05, 0.1) is 5.56 Å². The molecule has 0 atom stereocenters. The van der Waals surface area contributed by atoms with Crippen LogP contribution in [0.1, 0.15) is 11.1 Å². The smallest absolute Gasteiger partial charge is 0.368 e. The number of nitrogen functional groups attached to an aromatic ring is 1. The van der Waals surface area contributed by atoms with Gasteiger partial charge in [0.15, 0.2) is 0 Å². The van der Waals surface area contributed by atoms with E-state index in [0.717, 1.165) is 29.6 Å². The Kier molecular flexibility index (Phi) is 3.61. The lowest BCUT2D eigenvalue weighted by atomic mass is 10.3. The maximum absolute atomic E-state index is 12.4. The fourth-order valence-electron chi connectivity index (χ4n) is 1.25. The minimum absolute atomic E-state index is 0.111. The van der Waals surface area contributed by atoms with E-state index in [1.807, 2.05) is 0 Å². The van der Waals surface area contributed by atoms with Crippen LogP contribution >= 0.6 is 11.8 Å². The number of nitrogens with zero attached hydrogens (tertiary/aromatic N) is 3. The zero-order chi connectivity index (χ0) is 14.0. The number of alkyl halides is 3. The van der Waals surface area contributed by atoms with E-state index in [2.05, 4.69) is 15.0 Å². The third-order valence-corrected chi connectivity index (χ3v) is 3.27. The second kappa shape index (κ2) is 5.04. The zero-order valence-corrected chi connectivity index (χ0v) is 10.6. The molecule has 2 heterocycles. The van der Waals surface area contributed by atoms with Crippen molar-refractivity contribution in [1.82, 2.24) is 15.0 Å². The molecule has 2 aromatic heterocycles. The minimum Gasteiger partial charge on any atom is -0.368 e. The topological polar surface area (TPSA) is 64.7 Å². The first-order valence-electron chi connectivity index (χ1n) is 5.16. The highest BCUT2D eigenvalue weighted by Gasteiger charge is 2.30. The molecule has 0 saturated heterocycles. The highest BCUT2D eigenvalue weighted by atomic mass is 32.2. The summed E-state index contributed by atoms with van der Waals surface area (Å²) in [7, 11) is 0.